The summed E-state index contributed by atoms with van der Waals surface area (Å²) < 4.78 is 0. The van der Waals surface area contributed by atoms with Crippen LogP contribution in [0.4, 0.5) is 16.5 Å². The first-order valence-electron chi connectivity index (χ1n) is 7.07. The van der Waals surface area contributed by atoms with Crippen LogP contribution in [0.5, 0.6) is 0 Å². The van der Waals surface area contributed by atoms with Crippen LogP contribution in [0.25, 0.3) is 11.4 Å². The van der Waals surface area contributed by atoms with Gasteiger partial charge in [0, 0.05) is 17.6 Å². The molecule has 3 aromatic rings. The summed E-state index contributed by atoms with van der Waals surface area (Å²) in [6.45, 7) is 0. The van der Waals surface area contributed by atoms with Crippen LogP contribution < -0.4 is 5.32 Å². The molecule has 0 bridgehead atoms. The molecule has 0 saturated heterocycles. The van der Waals surface area contributed by atoms with Crippen molar-refractivity contribution < 1.29 is 14.6 Å². The largest absolute Gasteiger partial charge is 0.298 e. The lowest BCUT2D eigenvalue weighted by atomic mass is 10.1. The van der Waals surface area contributed by atoms with E-state index < -0.39 is 27.1 Å². The van der Waals surface area contributed by atoms with Gasteiger partial charge in [-0.05, 0) is 18.2 Å². The second kappa shape index (κ2) is 7.03. The molecule has 0 atom stereocenters. The highest BCUT2D eigenvalue weighted by Gasteiger charge is 2.24. The highest BCUT2D eigenvalue weighted by Crippen LogP contribution is 2.27. The van der Waals surface area contributed by atoms with Crippen LogP contribution >= 0.6 is 11.3 Å². The number of non-ortho nitro benzene ring substituents is 1. The number of aromatic nitrogens is 2. The van der Waals surface area contributed by atoms with Crippen molar-refractivity contribution in [3.63, 3.8) is 0 Å². The summed E-state index contributed by atoms with van der Waals surface area (Å²) in [6.07, 6.45) is 1.60. The van der Waals surface area contributed by atoms with Gasteiger partial charge in [-0.3, -0.25) is 35.3 Å². The van der Waals surface area contributed by atoms with E-state index in [0.717, 1.165) is 29.5 Å². The van der Waals surface area contributed by atoms with Crippen molar-refractivity contribution in [2.75, 3.05) is 5.32 Å². The monoisotopic (exact) mass is 371 g/mol. The third-order valence-electron chi connectivity index (χ3n) is 3.29. The Morgan fingerprint density at radius 1 is 1.08 bits per heavy atom. The van der Waals surface area contributed by atoms with Crippen LogP contribution in [-0.4, -0.2) is 25.7 Å². The fraction of sp³-hybridized carbons (Fsp3) is 0. The second-order valence-corrected chi connectivity index (χ2v) is 5.78. The van der Waals surface area contributed by atoms with Crippen molar-refractivity contribution in [2.24, 2.45) is 0 Å². The predicted octanol–water partition coefficient (Wildman–Crippen LogP) is 3.27. The first-order valence-corrected chi connectivity index (χ1v) is 7.95. The zero-order valence-electron chi connectivity index (χ0n) is 12.9. The SMILES string of the molecule is O=C(Nc1nc(-c2ccccn2)cs1)c1ccc([N+](=O)[O-])cc1[N+](=O)[O-]. The van der Waals surface area contributed by atoms with E-state index in [1.54, 1.807) is 29.8 Å². The van der Waals surface area contributed by atoms with Crippen LogP contribution in [0, 0.1) is 20.2 Å². The number of hydrogen-bond acceptors (Lipinski definition) is 8. The van der Waals surface area contributed by atoms with Gasteiger partial charge in [-0.2, -0.15) is 0 Å². The number of hydrogen-bond donors (Lipinski definition) is 1. The van der Waals surface area contributed by atoms with E-state index in [1.807, 2.05) is 0 Å². The predicted molar refractivity (Wildman–Crippen MR) is 93.0 cm³/mol. The van der Waals surface area contributed by atoms with E-state index in [1.165, 1.54) is 0 Å². The van der Waals surface area contributed by atoms with Gasteiger partial charge in [0.2, 0.25) is 0 Å². The van der Waals surface area contributed by atoms with Crippen molar-refractivity contribution in [3.8, 4) is 11.4 Å². The van der Waals surface area contributed by atoms with Crippen molar-refractivity contribution in [1.82, 2.24) is 9.97 Å². The summed E-state index contributed by atoms with van der Waals surface area (Å²) in [7, 11) is 0. The van der Waals surface area contributed by atoms with Crippen molar-refractivity contribution in [1.29, 1.82) is 0 Å². The fourth-order valence-electron chi connectivity index (χ4n) is 2.10. The molecule has 3 rings (SSSR count). The van der Waals surface area contributed by atoms with Crippen LogP contribution in [0.2, 0.25) is 0 Å². The van der Waals surface area contributed by atoms with Crippen molar-refractivity contribution in [3.05, 3.63) is 73.8 Å². The number of carbonyl (C=O) groups is 1. The molecule has 1 aromatic carbocycles. The maximum absolute atomic E-state index is 12.3. The normalized spacial score (nSPS) is 10.3. The van der Waals surface area contributed by atoms with Gasteiger partial charge < -0.3 is 0 Å². The molecule has 0 radical (unpaired) electrons. The number of thiazole rings is 1. The molecular weight excluding hydrogens is 362 g/mol. The molecular formula is C15H9N5O5S. The smallest absolute Gasteiger partial charge is 0.289 e. The molecule has 2 aromatic heterocycles. The average molecular weight is 371 g/mol. The lowest BCUT2D eigenvalue weighted by Crippen LogP contribution is -2.14. The number of carbonyl (C=O) groups excluding carboxylic acids is 1. The first kappa shape index (κ1) is 17.1. The average Bonchev–Trinajstić information content (AvgIpc) is 3.10. The summed E-state index contributed by atoms with van der Waals surface area (Å²) >= 11 is 1.13. The minimum atomic E-state index is -0.844. The number of amides is 1. The molecule has 11 heteroatoms. The van der Waals surface area contributed by atoms with E-state index in [2.05, 4.69) is 15.3 Å². The molecule has 0 fully saturated rings. The summed E-state index contributed by atoms with van der Waals surface area (Å²) in [5.74, 6) is -0.784. The number of nitrogens with zero attached hydrogens (tertiary/aromatic N) is 4. The Labute approximate surface area is 149 Å². The number of benzene rings is 1. The maximum atomic E-state index is 12.3. The van der Waals surface area contributed by atoms with Gasteiger partial charge in [0.1, 0.15) is 11.3 Å². The number of nitro groups is 2. The van der Waals surface area contributed by atoms with Crippen molar-refractivity contribution in [2.45, 2.75) is 0 Å². The lowest BCUT2D eigenvalue weighted by molar-refractivity contribution is -0.394. The third kappa shape index (κ3) is 3.52. The topological polar surface area (TPSA) is 141 Å². The van der Waals surface area contributed by atoms with Crippen LogP contribution in [0.3, 0.4) is 0 Å². The maximum Gasteiger partial charge on any atom is 0.289 e. The van der Waals surface area contributed by atoms with E-state index in [-0.39, 0.29) is 10.7 Å². The highest BCUT2D eigenvalue weighted by molar-refractivity contribution is 7.14. The Hall–Kier alpha value is -3.73. The quantitative estimate of drug-likeness (QED) is 0.536. The first-order chi connectivity index (χ1) is 12.5. The molecule has 0 unspecified atom stereocenters. The van der Waals surface area contributed by atoms with Gasteiger partial charge in [0.25, 0.3) is 17.3 Å². The zero-order chi connectivity index (χ0) is 18.7. The van der Waals surface area contributed by atoms with Gasteiger partial charge in [-0.1, -0.05) is 6.07 Å². The van der Waals surface area contributed by atoms with Crippen LogP contribution in [0.15, 0.2) is 48.0 Å². The molecule has 0 aliphatic heterocycles. The van der Waals surface area contributed by atoms with E-state index in [9.17, 15) is 25.0 Å². The van der Waals surface area contributed by atoms with E-state index in [0.29, 0.717) is 11.4 Å². The molecule has 26 heavy (non-hydrogen) atoms. The van der Waals surface area contributed by atoms with Crippen LogP contribution in [-0.2, 0) is 0 Å². The minimum Gasteiger partial charge on any atom is -0.298 e. The van der Waals surface area contributed by atoms with Gasteiger partial charge in [-0.15, -0.1) is 11.3 Å². The second-order valence-electron chi connectivity index (χ2n) is 4.92. The molecule has 0 saturated carbocycles. The van der Waals surface area contributed by atoms with E-state index in [4.69, 9.17) is 0 Å². The van der Waals surface area contributed by atoms with Gasteiger partial charge in [0.15, 0.2) is 5.13 Å². The Kier molecular flexibility index (Phi) is 4.62. The number of nitrogens with one attached hydrogen (secondary N) is 1. The Morgan fingerprint density at radius 2 is 1.88 bits per heavy atom. The van der Waals surface area contributed by atoms with Crippen molar-refractivity contribution >= 4 is 33.8 Å². The summed E-state index contributed by atoms with van der Waals surface area (Å²) in [4.78, 5) is 41.0. The van der Waals surface area contributed by atoms with E-state index >= 15 is 0 Å². The summed E-state index contributed by atoms with van der Waals surface area (Å²) in [5.41, 5.74) is -0.261. The zero-order valence-corrected chi connectivity index (χ0v) is 13.7. The molecule has 0 spiro atoms. The Balaban J connectivity index is 1.86. The highest BCUT2D eigenvalue weighted by atomic mass is 32.1. The summed E-state index contributed by atoms with van der Waals surface area (Å²) in [6, 6.07) is 8.12. The molecule has 2 heterocycles. The van der Waals surface area contributed by atoms with Crippen LogP contribution in [0.1, 0.15) is 10.4 Å². The van der Waals surface area contributed by atoms with Gasteiger partial charge >= 0.3 is 0 Å². The molecule has 10 nitrogen and oxygen atoms in total. The molecule has 1 N–H and O–H groups in total. The summed E-state index contributed by atoms with van der Waals surface area (Å²) in [5, 5.41) is 26.2. The number of rotatable bonds is 5. The third-order valence-corrected chi connectivity index (χ3v) is 4.04. The van der Waals surface area contributed by atoms with Gasteiger partial charge in [-0.25, -0.2) is 4.98 Å². The lowest BCUT2D eigenvalue weighted by Gasteiger charge is -2.03. The van der Waals surface area contributed by atoms with Gasteiger partial charge in [0.05, 0.1) is 21.6 Å². The number of anilines is 1. The standard InChI is InChI=1S/C15H9N5O5S/c21-14(10-5-4-9(19(22)23)7-13(10)20(24)25)18-15-17-12(8-26-15)11-3-1-2-6-16-11/h1-8H,(H,17,18,21). The molecule has 130 valence electrons. The number of nitro benzene ring substituents is 2. The molecule has 0 aliphatic rings. The number of pyridine rings is 1. The fourth-order valence-corrected chi connectivity index (χ4v) is 2.80. The molecule has 1 amide bonds. The minimum absolute atomic E-state index is 0.225. The molecule has 0 aliphatic carbocycles. The Bertz CT molecular complexity index is 1000. The Morgan fingerprint density at radius 3 is 2.54 bits per heavy atom.